The number of benzene rings is 1. The van der Waals surface area contributed by atoms with Gasteiger partial charge in [0.2, 0.25) is 0 Å². The molecule has 1 rings (SSSR count). The lowest BCUT2D eigenvalue weighted by molar-refractivity contribution is 0.477. The molecule has 0 amide bonds. The van der Waals surface area contributed by atoms with E-state index in [1.54, 1.807) is 0 Å². The summed E-state index contributed by atoms with van der Waals surface area (Å²) < 4.78 is 26.6. The fourth-order valence-corrected chi connectivity index (χ4v) is 1.57. The van der Waals surface area contributed by atoms with Crippen molar-refractivity contribution in [3.8, 4) is 0 Å². The average Bonchev–Trinajstić information content (AvgIpc) is 2.21. The van der Waals surface area contributed by atoms with Crippen molar-refractivity contribution in [2.75, 3.05) is 13.6 Å². The molecule has 1 aromatic rings. The highest BCUT2D eigenvalue weighted by Crippen LogP contribution is 2.17. The third kappa shape index (κ3) is 3.59. The monoisotopic (exact) mass is 213 g/mol. The zero-order chi connectivity index (χ0) is 11.3. The van der Waals surface area contributed by atoms with Crippen molar-refractivity contribution < 1.29 is 8.78 Å². The molecule has 3 heteroatoms. The lowest BCUT2D eigenvalue weighted by atomic mass is 9.97. The van der Waals surface area contributed by atoms with Crippen molar-refractivity contribution in [3.63, 3.8) is 0 Å². The van der Waals surface area contributed by atoms with Crippen molar-refractivity contribution >= 4 is 0 Å². The van der Waals surface area contributed by atoms with Gasteiger partial charge in [-0.15, -0.1) is 0 Å². The lowest BCUT2D eigenvalue weighted by Crippen LogP contribution is -2.13. The molecule has 0 radical (unpaired) electrons. The van der Waals surface area contributed by atoms with Crippen LogP contribution in [0.1, 0.15) is 18.9 Å². The molecular formula is C12H17F2N. The molecule has 0 heterocycles. The second kappa shape index (κ2) is 5.81. The first-order valence-corrected chi connectivity index (χ1v) is 5.22. The third-order valence-electron chi connectivity index (χ3n) is 2.50. The summed E-state index contributed by atoms with van der Waals surface area (Å²) in [6.45, 7) is 2.88. The number of hydrogen-bond acceptors (Lipinski definition) is 1. The summed E-state index contributed by atoms with van der Waals surface area (Å²) in [6.07, 6.45) is 1.38. The molecule has 0 spiro atoms. The van der Waals surface area contributed by atoms with Gasteiger partial charge in [0.25, 0.3) is 0 Å². The fraction of sp³-hybridized carbons (Fsp3) is 0.500. The van der Waals surface area contributed by atoms with E-state index in [1.807, 2.05) is 14.0 Å². The summed E-state index contributed by atoms with van der Waals surface area (Å²) in [5, 5.41) is 3.03. The first-order valence-electron chi connectivity index (χ1n) is 5.22. The van der Waals surface area contributed by atoms with E-state index in [0.717, 1.165) is 13.0 Å². The Hall–Kier alpha value is -0.960. The maximum atomic E-state index is 13.3. The molecule has 0 aromatic heterocycles. The molecule has 1 N–H and O–H groups in total. The van der Waals surface area contributed by atoms with Gasteiger partial charge >= 0.3 is 0 Å². The Morgan fingerprint density at radius 1 is 1.27 bits per heavy atom. The van der Waals surface area contributed by atoms with E-state index in [1.165, 1.54) is 18.2 Å². The van der Waals surface area contributed by atoms with Crippen LogP contribution < -0.4 is 5.32 Å². The molecule has 0 aliphatic heterocycles. The summed E-state index contributed by atoms with van der Waals surface area (Å²) in [6, 6.07) is 4.01. The molecule has 0 saturated carbocycles. The molecule has 1 aromatic carbocycles. The molecular weight excluding hydrogens is 196 g/mol. The van der Waals surface area contributed by atoms with Crippen molar-refractivity contribution in [3.05, 3.63) is 35.4 Å². The van der Waals surface area contributed by atoms with Crippen LogP contribution in [0.2, 0.25) is 0 Å². The van der Waals surface area contributed by atoms with Crippen LogP contribution in [0.25, 0.3) is 0 Å². The molecule has 84 valence electrons. The van der Waals surface area contributed by atoms with Gasteiger partial charge in [-0.1, -0.05) is 13.0 Å². The molecule has 0 saturated heterocycles. The Bertz CT molecular complexity index is 292. The Labute approximate surface area is 89.5 Å². The molecule has 15 heavy (non-hydrogen) atoms. The molecule has 1 atom stereocenters. The highest BCUT2D eigenvalue weighted by atomic mass is 19.1. The van der Waals surface area contributed by atoms with E-state index in [-0.39, 0.29) is 11.5 Å². The topological polar surface area (TPSA) is 12.0 Å². The highest BCUT2D eigenvalue weighted by Gasteiger charge is 2.11. The smallest absolute Gasteiger partial charge is 0.129 e. The molecule has 1 unspecified atom stereocenters. The van der Waals surface area contributed by atoms with E-state index in [0.29, 0.717) is 6.42 Å². The van der Waals surface area contributed by atoms with Gasteiger partial charge in [-0.3, -0.25) is 0 Å². The molecule has 1 nitrogen and oxygen atoms in total. The van der Waals surface area contributed by atoms with E-state index in [2.05, 4.69) is 5.32 Å². The predicted molar refractivity (Wildman–Crippen MR) is 57.8 cm³/mol. The van der Waals surface area contributed by atoms with E-state index in [4.69, 9.17) is 0 Å². The maximum absolute atomic E-state index is 13.3. The van der Waals surface area contributed by atoms with E-state index < -0.39 is 11.6 Å². The summed E-state index contributed by atoms with van der Waals surface area (Å²) in [7, 11) is 1.87. The van der Waals surface area contributed by atoms with Crippen LogP contribution in [0, 0.1) is 17.6 Å². The molecule has 0 aliphatic rings. The van der Waals surface area contributed by atoms with Crippen LogP contribution in [-0.4, -0.2) is 13.6 Å². The van der Waals surface area contributed by atoms with E-state index >= 15 is 0 Å². The second-order valence-corrected chi connectivity index (χ2v) is 3.90. The first kappa shape index (κ1) is 12.1. The lowest BCUT2D eigenvalue weighted by Gasteiger charge is -2.12. The Balaban J connectivity index is 2.63. The summed E-state index contributed by atoms with van der Waals surface area (Å²) in [4.78, 5) is 0. The van der Waals surface area contributed by atoms with Gasteiger partial charge in [-0.25, -0.2) is 8.78 Å². The molecule has 0 fully saturated rings. The Morgan fingerprint density at radius 2 is 1.87 bits per heavy atom. The Morgan fingerprint density at radius 3 is 2.40 bits per heavy atom. The van der Waals surface area contributed by atoms with Crippen molar-refractivity contribution in [2.45, 2.75) is 19.8 Å². The number of hydrogen-bond donors (Lipinski definition) is 1. The second-order valence-electron chi connectivity index (χ2n) is 3.90. The van der Waals surface area contributed by atoms with Crippen LogP contribution in [0.4, 0.5) is 8.78 Å². The van der Waals surface area contributed by atoms with Crippen LogP contribution in [0.5, 0.6) is 0 Å². The zero-order valence-corrected chi connectivity index (χ0v) is 9.19. The molecule has 0 bridgehead atoms. The highest BCUT2D eigenvalue weighted by molar-refractivity contribution is 5.20. The maximum Gasteiger partial charge on any atom is 0.129 e. The van der Waals surface area contributed by atoms with Gasteiger partial charge < -0.3 is 5.32 Å². The largest absolute Gasteiger partial charge is 0.320 e. The van der Waals surface area contributed by atoms with Gasteiger partial charge in [0.15, 0.2) is 0 Å². The standard InChI is InChI=1S/C12H17F2N/c1-9(6-7-15-2)8-10-11(13)4-3-5-12(10)14/h3-5,9,15H,6-8H2,1-2H3. The van der Waals surface area contributed by atoms with Crippen LogP contribution >= 0.6 is 0 Å². The minimum Gasteiger partial charge on any atom is -0.320 e. The minimum absolute atomic E-state index is 0.209. The van der Waals surface area contributed by atoms with Gasteiger partial charge in [0, 0.05) is 5.56 Å². The van der Waals surface area contributed by atoms with Gasteiger partial charge in [0.05, 0.1) is 0 Å². The fourth-order valence-electron chi connectivity index (χ4n) is 1.57. The number of nitrogens with one attached hydrogen (secondary N) is 1. The first-order chi connectivity index (χ1) is 7.15. The van der Waals surface area contributed by atoms with Gasteiger partial charge in [-0.05, 0) is 44.5 Å². The number of halogens is 2. The van der Waals surface area contributed by atoms with E-state index in [9.17, 15) is 8.78 Å². The van der Waals surface area contributed by atoms with Gasteiger partial charge in [-0.2, -0.15) is 0 Å². The molecule has 0 aliphatic carbocycles. The quantitative estimate of drug-likeness (QED) is 0.793. The summed E-state index contributed by atoms with van der Waals surface area (Å²) in [5.41, 5.74) is 0.209. The zero-order valence-electron chi connectivity index (χ0n) is 9.19. The minimum atomic E-state index is -0.439. The van der Waals surface area contributed by atoms with Crippen LogP contribution in [0.3, 0.4) is 0 Å². The van der Waals surface area contributed by atoms with Crippen LogP contribution in [-0.2, 0) is 6.42 Å². The van der Waals surface area contributed by atoms with Crippen LogP contribution in [0.15, 0.2) is 18.2 Å². The summed E-state index contributed by atoms with van der Waals surface area (Å²) in [5.74, 6) is -0.596. The third-order valence-corrected chi connectivity index (χ3v) is 2.50. The predicted octanol–water partition coefficient (Wildman–Crippen LogP) is 2.75. The number of rotatable bonds is 5. The van der Waals surface area contributed by atoms with Crippen molar-refractivity contribution in [1.82, 2.24) is 5.32 Å². The summed E-state index contributed by atoms with van der Waals surface area (Å²) >= 11 is 0. The van der Waals surface area contributed by atoms with Gasteiger partial charge in [0.1, 0.15) is 11.6 Å². The van der Waals surface area contributed by atoms with Crippen molar-refractivity contribution in [1.29, 1.82) is 0 Å². The average molecular weight is 213 g/mol. The Kier molecular flexibility index (Phi) is 4.69. The SMILES string of the molecule is CNCCC(C)Cc1c(F)cccc1F. The normalized spacial score (nSPS) is 12.8. The van der Waals surface area contributed by atoms with Crippen molar-refractivity contribution in [2.24, 2.45) is 5.92 Å².